The Labute approximate surface area is 133 Å². The Balaban J connectivity index is 1.68. The molecule has 1 amide bonds. The molecule has 1 heterocycles. The van der Waals surface area contributed by atoms with Crippen molar-refractivity contribution in [3.05, 3.63) is 35.4 Å². The number of hydrogen-bond donors (Lipinski definition) is 2. The number of nitrogens with one attached hydrogen (secondary N) is 1. The number of aliphatic hydroxyl groups excluding tert-OH is 1. The number of nitrogens with zero attached hydrogens (tertiary/aromatic N) is 1. The maximum absolute atomic E-state index is 12.0. The van der Waals surface area contributed by atoms with Crippen LogP contribution in [0.5, 0.6) is 0 Å². The standard InChI is InChI=1S/C18H28N2O2/c1-15(20-10-3-2-4-11-20)8-9-18(22)19-13-16-6-5-7-17(12-16)14-21/h5-7,12,15,21H,2-4,8-11,13-14H2,1H3,(H,19,22)/t15-/m1/s1. The summed E-state index contributed by atoms with van der Waals surface area (Å²) < 4.78 is 0. The molecule has 2 N–H and O–H groups in total. The van der Waals surface area contributed by atoms with Crippen molar-refractivity contribution in [2.75, 3.05) is 13.1 Å². The molecule has 1 aliphatic heterocycles. The number of piperidine rings is 1. The van der Waals surface area contributed by atoms with E-state index in [1.54, 1.807) is 0 Å². The van der Waals surface area contributed by atoms with Gasteiger partial charge in [-0.2, -0.15) is 0 Å². The summed E-state index contributed by atoms with van der Waals surface area (Å²) in [5, 5.41) is 12.1. The Morgan fingerprint density at radius 3 is 2.73 bits per heavy atom. The van der Waals surface area contributed by atoms with E-state index in [9.17, 15) is 4.79 Å². The summed E-state index contributed by atoms with van der Waals surface area (Å²) in [6, 6.07) is 8.17. The smallest absolute Gasteiger partial charge is 0.220 e. The summed E-state index contributed by atoms with van der Waals surface area (Å²) in [4.78, 5) is 14.5. The highest BCUT2D eigenvalue weighted by Gasteiger charge is 2.17. The molecule has 1 aliphatic rings. The van der Waals surface area contributed by atoms with Gasteiger partial charge in [-0.05, 0) is 50.4 Å². The van der Waals surface area contributed by atoms with Crippen molar-refractivity contribution in [2.45, 2.75) is 58.2 Å². The SMILES string of the molecule is C[C@H](CCC(=O)NCc1cccc(CO)c1)N1CCCCC1. The van der Waals surface area contributed by atoms with Gasteiger partial charge in [-0.3, -0.25) is 4.79 Å². The van der Waals surface area contributed by atoms with Crippen LogP contribution >= 0.6 is 0 Å². The van der Waals surface area contributed by atoms with Gasteiger partial charge in [-0.1, -0.05) is 30.7 Å². The predicted molar refractivity (Wildman–Crippen MR) is 88.3 cm³/mol. The van der Waals surface area contributed by atoms with Gasteiger partial charge >= 0.3 is 0 Å². The van der Waals surface area contributed by atoms with E-state index in [4.69, 9.17) is 5.11 Å². The number of carbonyl (C=O) groups excluding carboxylic acids is 1. The Kier molecular flexibility index (Phi) is 6.87. The first-order valence-electron chi connectivity index (χ1n) is 8.38. The molecule has 0 spiro atoms. The minimum absolute atomic E-state index is 0.0368. The van der Waals surface area contributed by atoms with Crippen molar-refractivity contribution in [1.29, 1.82) is 0 Å². The van der Waals surface area contributed by atoms with E-state index in [1.807, 2.05) is 24.3 Å². The molecule has 0 saturated carbocycles. The Morgan fingerprint density at radius 1 is 1.27 bits per heavy atom. The second-order valence-electron chi connectivity index (χ2n) is 6.24. The Hall–Kier alpha value is -1.39. The van der Waals surface area contributed by atoms with Gasteiger partial charge in [-0.15, -0.1) is 0 Å². The summed E-state index contributed by atoms with van der Waals surface area (Å²) in [7, 11) is 0. The van der Waals surface area contributed by atoms with Gasteiger partial charge in [0.15, 0.2) is 0 Å². The molecule has 122 valence electrons. The van der Waals surface area contributed by atoms with Crippen LogP contribution in [-0.4, -0.2) is 35.0 Å². The molecule has 0 aromatic heterocycles. The molecule has 1 aromatic rings. The van der Waals surface area contributed by atoms with E-state index in [2.05, 4.69) is 17.1 Å². The van der Waals surface area contributed by atoms with Crippen LogP contribution in [0.15, 0.2) is 24.3 Å². The Bertz CT molecular complexity index is 470. The van der Waals surface area contributed by atoms with Crippen molar-refractivity contribution in [2.24, 2.45) is 0 Å². The number of carbonyl (C=O) groups is 1. The molecule has 2 rings (SSSR count). The van der Waals surface area contributed by atoms with Crippen LogP contribution in [0, 0.1) is 0 Å². The zero-order valence-electron chi connectivity index (χ0n) is 13.6. The number of likely N-dealkylation sites (tertiary alicyclic amines) is 1. The average molecular weight is 304 g/mol. The number of rotatable bonds is 7. The minimum Gasteiger partial charge on any atom is -0.392 e. The lowest BCUT2D eigenvalue weighted by Crippen LogP contribution is -2.38. The number of benzene rings is 1. The predicted octanol–water partition coefficient (Wildman–Crippen LogP) is 2.45. The van der Waals surface area contributed by atoms with Crippen LogP contribution in [0.1, 0.15) is 50.2 Å². The van der Waals surface area contributed by atoms with Crippen LogP contribution in [-0.2, 0) is 17.9 Å². The van der Waals surface area contributed by atoms with Crippen LogP contribution in [0.3, 0.4) is 0 Å². The van der Waals surface area contributed by atoms with E-state index in [-0.39, 0.29) is 12.5 Å². The van der Waals surface area contributed by atoms with E-state index in [0.717, 1.165) is 17.5 Å². The third kappa shape index (κ3) is 5.43. The van der Waals surface area contributed by atoms with Crippen molar-refractivity contribution in [1.82, 2.24) is 10.2 Å². The average Bonchev–Trinajstić information content (AvgIpc) is 2.58. The van der Waals surface area contributed by atoms with Crippen molar-refractivity contribution in [3.63, 3.8) is 0 Å². The fourth-order valence-electron chi connectivity index (χ4n) is 3.01. The number of hydrogen-bond acceptors (Lipinski definition) is 3. The monoisotopic (exact) mass is 304 g/mol. The van der Waals surface area contributed by atoms with E-state index in [0.29, 0.717) is 19.0 Å². The summed E-state index contributed by atoms with van der Waals surface area (Å²) in [5.41, 5.74) is 1.91. The molecule has 0 radical (unpaired) electrons. The van der Waals surface area contributed by atoms with Gasteiger partial charge in [0.05, 0.1) is 6.61 Å². The third-order valence-electron chi connectivity index (χ3n) is 4.47. The summed E-state index contributed by atoms with van der Waals surface area (Å²) in [6.07, 6.45) is 5.42. The quantitative estimate of drug-likeness (QED) is 0.813. The second-order valence-corrected chi connectivity index (χ2v) is 6.24. The van der Waals surface area contributed by atoms with E-state index >= 15 is 0 Å². The highest BCUT2D eigenvalue weighted by Crippen LogP contribution is 2.15. The molecule has 0 aliphatic carbocycles. The van der Waals surface area contributed by atoms with E-state index in [1.165, 1.54) is 32.4 Å². The molecule has 4 nitrogen and oxygen atoms in total. The number of aliphatic hydroxyl groups is 1. The number of amides is 1. The highest BCUT2D eigenvalue weighted by molar-refractivity contribution is 5.75. The molecule has 4 heteroatoms. The molecular formula is C18H28N2O2. The fourth-order valence-corrected chi connectivity index (χ4v) is 3.01. The second kappa shape index (κ2) is 8.91. The molecular weight excluding hydrogens is 276 g/mol. The maximum Gasteiger partial charge on any atom is 0.220 e. The van der Waals surface area contributed by atoms with Crippen molar-refractivity contribution in [3.8, 4) is 0 Å². The van der Waals surface area contributed by atoms with Gasteiger partial charge in [0.1, 0.15) is 0 Å². The van der Waals surface area contributed by atoms with Gasteiger partial charge in [0, 0.05) is 19.0 Å². The molecule has 0 bridgehead atoms. The normalized spacial score (nSPS) is 17.2. The van der Waals surface area contributed by atoms with E-state index < -0.39 is 0 Å². The Morgan fingerprint density at radius 2 is 2.00 bits per heavy atom. The van der Waals surface area contributed by atoms with Crippen molar-refractivity contribution >= 4 is 5.91 Å². The molecule has 1 fully saturated rings. The summed E-state index contributed by atoms with van der Waals surface area (Å²) in [6.45, 7) is 5.15. The minimum atomic E-state index is 0.0368. The first kappa shape index (κ1) is 17.0. The van der Waals surface area contributed by atoms with Crippen LogP contribution in [0.4, 0.5) is 0 Å². The van der Waals surface area contributed by atoms with Crippen molar-refractivity contribution < 1.29 is 9.90 Å². The lowest BCUT2D eigenvalue weighted by molar-refractivity contribution is -0.121. The molecule has 1 saturated heterocycles. The van der Waals surface area contributed by atoms with Crippen LogP contribution in [0.2, 0.25) is 0 Å². The zero-order chi connectivity index (χ0) is 15.8. The summed E-state index contributed by atoms with van der Waals surface area (Å²) >= 11 is 0. The zero-order valence-corrected chi connectivity index (χ0v) is 13.6. The van der Waals surface area contributed by atoms with Crippen LogP contribution < -0.4 is 5.32 Å². The van der Waals surface area contributed by atoms with Gasteiger partial charge in [0.25, 0.3) is 0 Å². The topological polar surface area (TPSA) is 52.6 Å². The fraction of sp³-hybridized carbons (Fsp3) is 0.611. The molecule has 1 atom stereocenters. The van der Waals surface area contributed by atoms with Gasteiger partial charge in [-0.25, -0.2) is 0 Å². The third-order valence-corrected chi connectivity index (χ3v) is 4.47. The molecule has 22 heavy (non-hydrogen) atoms. The molecule has 0 unspecified atom stereocenters. The maximum atomic E-state index is 12.0. The van der Waals surface area contributed by atoms with Gasteiger partial charge in [0.2, 0.25) is 5.91 Å². The lowest BCUT2D eigenvalue weighted by Gasteiger charge is -2.32. The first-order valence-corrected chi connectivity index (χ1v) is 8.38. The highest BCUT2D eigenvalue weighted by atomic mass is 16.3. The largest absolute Gasteiger partial charge is 0.392 e. The first-order chi connectivity index (χ1) is 10.7. The molecule has 1 aromatic carbocycles. The summed E-state index contributed by atoms with van der Waals surface area (Å²) in [5.74, 6) is 0.110. The van der Waals surface area contributed by atoms with Gasteiger partial charge < -0.3 is 15.3 Å². The van der Waals surface area contributed by atoms with Crippen LogP contribution in [0.25, 0.3) is 0 Å². The lowest BCUT2D eigenvalue weighted by atomic mass is 10.1.